The highest BCUT2D eigenvalue weighted by atomic mass is 16.6. The van der Waals surface area contributed by atoms with Gasteiger partial charge in [0.25, 0.3) is 11.6 Å². The van der Waals surface area contributed by atoms with E-state index >= 15 is 0 Å². The molecule has 1 aromatic carbocycles. The fourth-order valence-electron chi connectivity index (χ4n) is 2.54. The van der Waals surface area contributed by atoms with Crippen molar-refractivity contribution in [3.63, 3.8) is 0 Å². The summed E-state index contributed by atoms with van der Waals surface area (Å²) in [6.07, 6.45) is 1.90. The van der Waals surface area contributed by atoms with Crippen molar-refractivity contribution in [3.05, 3.63) is 56.9 Å². The van der Waals surface area contributed by atoms with Crippen LogP contribution in [0.15, 0.2) is 24.3 Å². The predicted octanol–water partition coefficient (Wildman–Crippen LogP) is 3.69. The van der Waals surface area contributed by atoms with E-state index in [4.69, 9.17) is 0 Å². The third-order valence-corrected chi connectivity index (χ3v) is 3.91. The number of non-ortho nitro benzene ring substituents is 1. The van der Waals surface area contributed by atoms with Gasteiger partial charge in [-0.1, -0.05) is 19.9 Å². The molecule has 0 aliphatic heterocycles. The molecule has 0 unspecified atom stereocenters. The highest BCUT2D eigenvalue weighted by Crippen LogP contribution is 2.20. The van der Waals surface area contributed by atoms with Gasteiger partial charge in [-0.05, 0) is 44.2 Å². The van der Waals surface area contributed by atoms with Crippen molar-refractivity contribution in [2.45, 2.75) is 40.5 Å². The average molecular weight is 315 g/mol. The Balaban J connectivity index is 2.35. The molecule has 0 amide bonds. The van der Waals surface area contributed by atoms with Gasteiger partial charge in [0.05, 0.1) is 10.6 Å². The Kier molecular flexibility index (Phi) is 4.93. The van der Waals surface area contributed by atoms with Gasteiger partial charge in [0.2, 0.25) is 0 Å². The molecule has 122 valence electrons. The molecule has 23 heavy (non-hydrogen) atoms. The summed E-state index contributed by atoms with van der Waals surface area (Å²) >= 11 is 0. The van der Waals surface area contributed by atoms with Gasteiger partial charge >= 0.3 is 0 Å². The SMILES string of the molecule is Cc1nn(C(=O)c2cccc([N+](=O)[O-])c2)c(C)c1CCC(C)C. The first kappa shape index (κ1) is 16.9. The number of hydrogen-bond acceptors (Lipinski definition) is 4. The number of aryl methyl sites for hydroxylation is 1. The molecule has 0 saturated heterocycles. The van der Waals surface area contributed by atoms with Crippen LogP contribution in [0.5, 0.6) is 0 Å². The summed E-state index contributed by atoms with van der Waals surface area (Å²) in [5.74, 6) is 0.231. The van der Waals surface area contributed by atoms with Gasteiger partial charge in [-0.15, -0.1) is 0 Å². The number of carbonyl (C=O) groups excluding carboxylic acids is 1. The van der Waals surface area contributed by atoms with Gasteiger partial charge < -0.3 is 0 Å². The smallest absolute Gasteiger partial charge is 0.267 e. The third-order valence-electron chi connectivity index (χ3n) is 3.91. The number of benzene rings is 1. The van der Waals surface area contributed by atoms with E-state index in [0.717, 1.165) is 29.8 Å². The van der Waals surface area contributed by atoms with E-state index in [1.165, 1.54) is 22.9 Å². The van der Waals surface area contributed by atoms with E-state index in [-0.39, 0.29) is 17.2 Å². The molecule has 0 atom stereocenters. The molecule has 0 bridgehead atoms. The van der Waals surface area contributed by atoms with Crippen molar-refractivity contribution < 1.29 is 9.72 Å². The lowest BCUT2D eigenvalue weighted by Crippen LogP contribution is -2.15. The van der Waals surface area contributed by atoms with E-state index in [0.29, 0.717) is 5.92 Å². The minimum Gasteiger partial charge on any atom is -0.267 e. The zero-order valence-corrected chi connectivity index (χ0v) is 13.9. The molecule has 2 rings (SSSR count). The summed E-state index contributed by atoms with van der Waals surface area (Å²) in [7, 11) is 0. The van der Waals surface area contributed by atoms with E-state index in [1.54, 1.807) is 6.07 Å². The number of carbonyl (C=O) groups is 1. The molecule has 0 spiro atoms. The minimum atomic E-state index is -0.508. The summed E-state index contributed by atoms with van der Waals surface area (Å²) in [5, 5.41) is 15.2. The number of hydrogen-bond donors (Lipinski definition) is 0. The molecule has 1 aromatic heterocycles. The van der Waals surface area contributed by atoms with Crippen molar-refractivity contribution in [2.24, 2.45) is 5.92 Å². The lowest BCUT2D eigenvalue weighted by atomic mass is 10.0. The van der Waals surface area contributed by atoms with Crippen LogP contribution in [-0.4, -0.2) is 20.6 Å². The first-order valence-corrected chi connectivity index (χ1v) is 7.65. The van der Waals surface area contributed by atoms with Gasteiger partial charge in [-0.25, -0.2) is 4.68 Å². The van der Waals surface area contributed by atoms with E-state index in [2.05, 4.69) is 18.9 Å². The molecule has 0 radical (unpaired) electrons. The number of nitrogens with zero attached hydrogens (tertiary/aromatic N) is 3. The quantitative estimate of drug-likeness (QED) is 0.622. The van der Waals surface area contributed by atoms with Crippen LogP contribution < -0.4 is 0 Å². The van der Waals surface area contributed by atoms with Crippen LogP contribution in [0.25, 0.3) is 0 Å². The molecule has 1 heterocycles. The second kappa shape index (κ2) is 6.73. The van der Waals surface area contributed by atoms with Crippen LogP contribution in [0.3, 0.4) is 0 Å². The van der Waals surface area contributed by atoms with Crippen molar-refractivity contribution >= 4 is 11.6 Å². The second-order valence-electron chi connectivity index (χ2n) is 6.11. The third kappa shape index (κ3) is 3.64. The van der Waals surface area contributed by atoms with Crippen LogP contribution in [0, 0.1) is 29.9 Å². The van der Waals surface area contributed by atoms with Gasteiger partial charge in [0, 0.05) is 23.4 Å². The summed E-state index contributed by atoms with van der Waals surface area (Å²) in [6, 6.07) is 5.73. The van der Waals surface area contributed by atoms with Crippen LogP contribution in [-0.2, 0) is 6.42 Å². The second-order valence-corrected chi connectivity index (χ2v) is 6.11. The van der Waals surface area contributed by atoms with Crippen molar-refractivity contribution in [3.8, 4) is 0 Å². The molecular formula is C17H21N3O3. The summed E-state index contributed by atoms with van der Waals surface area (Å²) in [6.45, 7) is 8.07. The minimum absolute atomic E-state index is 0.0996. The Labute approximate surface area is 135 Å². The number of rotatable bonds is 5. The molecule has 6 nitrogen and oxygen atoms in total. The van der Waals surface area contributed by atoms with Crippen molar-refractivity contribution in [1.29, 1.82) is 0 Å². The van der Waals surface area contributed by atoms with Crippen molar-refractivity contribution in [1.82, 2.24) is 9.78 Å². The summed E-state index contributed by atoms with van der Waals surface area (Å²) < 4.78 is 1.35. The van der Waals surface area contributed by atoms with Crippen LogP contribution in [0.2, 0.25) is 0 Å². The summed E-state index contributed by atoms with van der Waals surface area (Å²) in [5.41, 5.74) is 2.89. The normalized spacial score (nSPS) is 11.0. The lowest BCUT2D eigenvalue weighted by Gasteiger charge is -2.06. The van der Waals surface area contributed by atoms with E-state index < -0.39 is 4.92 Å². The maximum atomic E-state index is 12.6. The van der Waals surface area contributed by atoms with Crippen LogP contribution in [0.4, 0.5) is 5.69 Å². The first-order valence-electron chi connectivity index (χ1n) is 7.65. The monoisotopic (exact) mass is 315 g/mol. The number of aromatic nitrogens is 2. The zero-order chi connectivity index (χ0) is 17.1. The highest BCUT2D eigenvalue weighted by Gasteiger charge is 2.19. The molecule has 0 N–H and O–H groups in total. The van der Waals surface area contributed by atoms with Crippen LogP contribution in [0.1, 0.15) is 47.6 Å². The summed E-state index contributed by atoms with van der Waals surface area (Å²) in [4.78, 5) is 23.0. The molecule has 2 aromatic rings. The highest BCUT2D eigenvalue weighted by molar-refractivity contribution is 5.96. The van der Waals surface area contributed by atoms with Crippen LogP contribution >= 0.6 is 0 Å². The molecule has 0 aliphatic rings. The zero-order valence-electron chi connectivity index (χ0n) is 13.9. The average Bonchev–Trinajstić information content (AvgIpc) is 2.79. The van der Waals surface area contributed by atoms with E-state index in [1.807, 2.05) is 13.8 Å². The Morgan fingerprint density at radius 3 is 2.65 bits per heavy atom. The topological polar surface area (TPSA) is 78.0 Å². The van der Waals surface area contributed by atoms with Gasteiger partial charge in [-0.2, -0.15) is 5.10 Å². The Bertz CT molecular complexity index is 748. The number of nitro benzene ring substituents is 1. The fraction of sp³-hybridized carbons (Fsp3) is 0.412. The Hall–Kier alpha value is -2.50. The Morgan fingerprint density at radius 1 is 1.35 bits per heavy atom. The number of nitro groups is 1. The first-order chi connectivity index (χ1) is 10.8. The largest absolute Gasteiger partial charge is 0.278 e. The Morgan fingerprint density at radius 2 is 2.04 bits per heavy atom. The molecule has 0 saturated carbocycles. The molecular weight excluding hydrogens is 294 g/mol. The predicted molar refractivity (Wildman–Crippen MR) is 87.7 cm³/mol. The lowest BCUT2D eigenvalue weighted by molar-refractivity contribution is -0.384. The maximum Gasteiger partial charge on any atom is 0.278 e. The molecule has 0 aliphatic carbocycles. The fourth-order valence-corrected chi connectivity index (χ4v) is 2.54. The van der Waals surface area contributed by atoms with Gasteiger partial charge in [0.15, 0.2) is 0 Å². The molecule has 6 heteroatoms. The maximum absolute atomic E-state index is 12.6. The van der Waals surface area contributed by atoms with Crippen molar-refractivity contribution in [2.75, 3.05) is 0 Å². The standard InChI is InChI=1S/C17H21N3O3/c1-11(2)8-9-16-12(3)18-19(13(16)4)17(21)14-6-5-7-15(10-14)20(22)23/h5-7,10-11H,8-9H2,1-4H3. The van der Waals surface area contributed by atoms with Gasteiger partial charge in [-0.3, -0.25) is 14.9 Å². The van der Waals surface area contributed by atoms with Gasteiger partial charge in [0.1, 0.15) is 0 Å². The molecule has 0 fully saturated rings. The van der Waals surface area contributed by atoms with E-state index in [9.17, 15) is 14.9 Å².